The van der Waals surface area contributed by atoms with Crippen molar-refractivity contribution in [3.8, 4) is 5.69 Å². The standard InChI is InChI=1S/C12H13N3O/c1-2-5-10(6-3-1)15-9-13-14-12(15)11-7-4-8-16-11/h1-3,5-6,9,11H,4,7-8H2. The molecule has 1 fully saturated rings. The average molecular weight is 215 g/mol. The molecule has 0 bridgehead atoms. The number of para-hydroxylation sites is 1. The smallest absolute Gasteiger partial charge is 0.166 e. The maximum Gasteiger partial charge on any atom is 0.166 e. The highest BCUT2D eigenvalue weighted by atomic mass is 16.5. The molecule has 0 spiro atoms. The molecule has 1 aromatic carbocycles. The van der Waals surface area contributed by atoms with Gasteiger partial charge in [0.2, 0.25) is 0 Å². The van der Waals surface area contributed by atoms with E-state index in [1.54, 1.807) is 6.33 Å². The lowest BCUT2D eigenvalue weighted by atomic mass is 10.2. The Hall–Kier alpha value is -1.68. The Morgan fingerprint density at radius 1 is 1.25 bits per heavy atom. The van der Waals surface area contributed by atoms with E-state index in [0.29, 0.717) is 0 Å². The molecule has 2 aromatic rings. The third-order valence-electron chi connectivity index (χ3n) is 2.83. The number of nitrogens with zero attached hydrogens (tertiary/aromatic N) is 3. The Kier molecular flexibility index (Phi) is 2.42. The highest BCUT2D eigenvalue weighted by molar-refractivity contribution is 5.32. The van der Waals surface area contributed by atoms with Crippen LogP contribution in [0.5, 0.6) is 0 Å². The van der Waals surface area contributed by atoms with Crippen molar-refractivity contribution in [2.75, 3.05) is 6.61 Å². The van der Waals surface area contributed by atoms with Crippen molar-refractivity contribution in [2.24, 2.45) is 0 Å². The summed E-state index contributed by atoms with van der Waals surface area (Å²) in [6.45, 7) is 0.826. The minimum absolute atomic E-state index is 0.0997. The number of hydrogen-bond donors (Lipinski definition) is 0. The molecule has 1 aromatic heterocycles. The Balaban J connectivity index is 1.99. The zero-order valence-corrected chi connectivity index (χ0v) is 8.91. The Labute approximate surface area is 93.9 Å². The Bertz CT molecular complexity index is 460. The maximum atomic E-state index is 5.64. The van der Waals surface area contributed by atoms with E-state index >= 15 is 0 Å². The van der Waals surface area contributed by atoms with Crippen molar-refractivity contribution in [3.05, 3.63) is 42.5 Å². The second kappa shape index (κ2) is 4.06. The van der Waals surface area contributed by atoms with Crippen molar-refractivity contribution in [1.29, 1.82) is 0 Å². The molecule has 0 N–H and O–H groups in total. The van der Waals surface area contributed by atoms with Crippen LogP contribution < -0.4 is 0 Å². The highest BCUT2D eigenvalue weighted by Crippen LogP contribution is 2.28. The van der Waals surface area contributed by atoms with Gasteiger partial charge in [-0.1, -0.05) is 18.2 Å². The van der Waals surface area contributed by atoms with Gasteiger partial charge in [-0.25, -0.2) is 0 Å². The van der Waals surface area contributed by atoms with E-state index in [1.165, 1.54) is 0 Å². The van der Waals surface area contributed by atoms with Gasteiger partial charge >= 0.3 is 0 Å². The molecule has 4 heteroatoms. The zero-order valence-electron chi connectivity index (χ0n) is 8.91. The molecule has 1 aliphatic rings. The lowest BCUT2D eigenvalue weighted by Gasteiger charge is -2.10. The average Bonchev–Trinajstić information content (AvgIpc) is 3.01. The molecule has 1 atom stereocenters. The van der Waals surface area contributed by atoms with Gasteiger partial charge in [-0.05, 0) is 25.0 Å². The van der Waals surface area contributed by atoms with Gasteiger partial charge in [0.15, 0.2) is 5.82 Å². The maximum absolute atomic E-state index is 5.64. The van der Waals surface area contributed by atoms with Gasteiger partial charge in [0.25, 0.3) is 0 Å². The van der Waals surface area contributed by atoms with Gasteiger partial charge in [-0.3, -0.25) is 4.57 Å². The van der Waals surface area contributed by atoms with Gasteiger partial charge in [-0.15, -0.1) is 10.2 Å². The van der Waals surface area contributed by atoms with E-state index in [1.807, 2.05) is 34.9 Å². The van der Waals surface area contributed by atoms with Crippen LogP contribution >= 0.6 is 0 Å². The number of aromatic nitrogens is 3. The first-order valence-electron chi connectivity index (χ1n) is 5.52. The van der Waals surface area contributed by atoms with Crippen LogP contribution in [0.15, 0.2) is 36.7 Å². The molecule has 0 amide bonds. The van der Waals surface area contributed by atoms with Crippen LogP contribution in [0.3, 0.4) is 0 Å². The molecule has 3 rings (SSSR count). The lowest BCUT2D eigenvalue weighted by Crippen LogP contribution is -2.06. The summed E-state index contributed by atoms with van der Waals surface area (Å²) in [5.41, 5.74) is 1.08. The normalized spacial score (nSPS) is 20.1. The lowest BCUT2D eigenvalue weighted by molar-refractivity contribution is 0.103. The molecule has 1 aliphatic heterocycles. The second-order valence-corrected chi connectivity index (χ2v) is 3.90. The fourth-order valence-corrected chi connectivity index (χ4v) is 2.03. The van der Waals surface area contributed by atoms with Gasteiger partial charge in [0.05, 0.1) is 0 Å². The predicted molar refractivity (Wildman–Crippen MR) is 59.3 cm³/mol. The Morgan fingerprint density at radius 3 is 2.88 bits per heavy atom. The topological polar surface area (TPSA) is 39.9 Å². The van der Waals surface area contributed by atoms with Crippen LogP contribution in [-0.2, 0) is 4.74 Å². The van der Waals surface area contributed by atoms with Gasteiger partial charge < -0.3 is 4.74 Å². The highest BCUT2D eigenvalue weighted by Gasteiger charge is 2.23. The fraction of sp³-hybridized carbons (Fsp3) is 0.333. The molecule has 0 aliphatic carbocycles. The first-order valence-corrected chi connectivity index (χ1v) is 5.52. The largest absolute Gasteiger partial charge is 0.370 e. The molecule has 4 nitrogen and oxygen atoms in total. The first-order chi connectivity index (χ1) is 7.95. The third kappa shape index (κ3) is 1.61. The Morgan fingerprint density at radius 2 is 2.12 bits per heavy atom. The molecular formula is C12H13N3O. The molecule has 82 valence electrons. The summed E-state index contributed by atoms with van der Waals surface area (Å²) in [6.07, 6.45) is 3.98. The minimum atomic E-state index is 0.0997. The SMILES string of the molecule is c1ccc(-n2cnnc2C2CCCO2)cc1. The molecular weight excluding hydrogens is 202 g/mol. The van der Waals surface area contributed by atoms with Crippen molar-refractivity contribution in [3.63, 3.8) is 0 Å². The second-order valence-electron chi connectivity index (χ2n) is 3.90. The van der Waals surface area contributed by atoms with E-state index in [0.717, 1.165) is 31.0 Å². The predicted octanol–water partition coefficient (Wildman–Crippen LogP) is 2.12. The molecule has 16 heavy (non-hydrogen) atoms. The van der Waals surface area contributed by atoms with Crippen LogP contribution in [0.25, 0.3) is 5.69 Å². The summed E-state index contributed by atoms with van der Waals surface area (Å²) >= 11 is 0. The number of ether oxygens (including phenoxy) is 1. The van der Waals surface area contributed by atoms with Gasteiger partial charge in [-0.2, -0.15) is 0 Å². The summed E-state index contributed by atoms with van der Waals surface area (Å²) in [5.74, 6) is 0.906. The van der Waals surface area contributed by atoms with Crippen LogP contribution in [0.1, 0.15) is 24.8 Å². The van der Waals surface area contributed by atoms with Crippen molar-refractivity contribution in [1.82, 2.24) is 14.8 Å². The molecule has 0 radical (unpaired) electrons. The number of rotatable bonds is 2. The van der Waals surface area contributed by atoms with E-state index in [-0.39, 0.29) is 6.10 Å². The van der Waals surface area contributed by atoms with E-state index in [9.17, 15) is 0 Å². The van der Waals surface area contributed by atoms with Crippen LogP contribution in [-0.4, -0.2) is 21.4 Å². The first kappa shape index (κ1) is 9.54. The van der Waals surface area contributed by atoms with Crippen molar-refractivity contribution in [2.45, 2.75) is 18.9 Å². The summed E-state index contributed by atoms with van der Waals surface area (Å²) < 4.78 is 7.63. The summed E-state index contributed by atoms with van der Waals surface area (Å²) in [5, 5.41) is 8.14. The van der Waals surface area contributed by atoms with Crippen LogP contribution in [0.2, 0.25) is 0 Å². The van der Waals surface area contributed by atoms with E-state index < -0.39 is 0 Å². The monoisotopic (exact) mass is 215 g/mol. The van der Waals surface area contributed by atoms with Gasteiger partial charge in [0, 0.05) is 12.3 Å². The number of hydrogen-bond acceptors (Lipinski definition) is 3. The summed E-state index contributed by atoms with van der Waals surface area (Å²) in [4.78, 5) is 0. The van der Waals surface area contributed by atoms with Crippen LogP contribution in [0.4, 0.5) is 0 Å². The fourth-order valence-electron chi connectivity index (χ4n) is 2.03. The van der Waals surface area contributed by atoms with Crippen molar-refractivity contribution >= 4 is 0 Å². The minimum Gasteiger partial charge on any atom is -0.370 e. The quantitative estimate of drug-likeness (QED) is 0.770. The molecule has 2 heterocycles. The molecule has 1 saturated heterocycles. The van der Waals surface area contributed by atoms with E-state index in [4.69, 9.17) is 4.74 Å². The summed E-state index contributed by atoms with van der Waals surface area (Å²) in [6, 6.07) is 10.1. The van der Waals surface area contributed by atoms with Gasteiger partial charge in [0.1, 0.15) is 12.4 Å². The number of benzene rings is 1. The van der Waals surface area contributed by atoms with E-state index in [2.05, 4.69) is 10.2 Å². The molecule has 1 unspecified atom stereocenters. The zero-order chi connectivity index (χ0) is 10.8. The van der Waals surface area contributed by atoms with Crippen LogP contribution in [0, 0.1) is 0 Å². The van der Waals surface area contributed by atoms with Crippen molar-refractivity contribution < 1.29 is 4.74 Å². The third-order valence-corrected chi connectivity index (χ3v) is 2.83. The molecule has 0 saturated carbocycles. The summed E-state index contributed by atoms with van der Waals surface area (Å²) in [7, 11) is 0.